The second-order valence-corrected chi connectivity index (χ2v) is 6.51. The lowest BCUT2D eigenvalue weighted by molar-refractivity contribution is -0.274. The Bertz CT molecular complexity index is 1140. The molecule has 0 aliphatic heterocycles. The highest BCUT2D eigenvalue weighted by Crippen LogP contribution is 2.46. The number of pyridine rings is 1. The number of carboxylic acids is 1. The Hall–Kier alpha value is -3.54. The second kappa shape index (κ2) is 5.99. The Morgan fingerprint density at radius 2 is 2.00 bits per heavy atom. The Kier molecular flexibility index (Phi) is 3.82. The number of nitriles is 1. The number of ether oxygens (including phenoxy) is 1. The molecule has 9 heteroatoms. The van der Waals surface area contributed by atoms with Crippen molar-refractivity contribution in [1.82, 2.24) is 9.55 Å². The zero-order valence-electron chi connectivity index (χ0n) is 14.2. The van der Waals surface area contributed by atoms with Crippen molar-refractivity contribution in [3.8, 4) is 17.6 Å². The van der Waals surface area contributed by atoms with Gasteiger partial charge in [-0.3, -0.25) is 4.57 Å². The van der Waals surface area contributed by atoms with Crippen LogP contribution >= 0.6 is 0 Å². The summed E-state index contributed by atoms with van der Waals surface area (Å²) in [7, 11) is 0. The minimum atomic E-state index is -4.87. The Labute approximate surface area is 156 Å². The van der Waals surface area contributed by atoms with Gasteiger partial charge in [0.05, 0.1) is 22.7 Å². The van der Waals surface area contributed by atoms with Gasteiger partial charge >= 0.3 is 12.3 Å². The van der Waals surface area contributed by atoms with E-state index in [4.69, 9.17) is 0 Å². The normalized spacial score (nSPS) is 15.2. The lowest BCUT2D eigenvalue weighted by Crippen LogP contribution is -2.17. The van der Waals surface area contributed by atoms with Crippen molar-refractivity contribution < 1.29 is 27.8 Å². The van der Waals surface area contributed by atoms with Gasteiger partial charge in [-0.15, -0.1) is 13.2 Å². The van der Waals surface area contributed by atoms with E-state index in [1.54, 1.807) is 18.2 Å². The maximum atomic E-state index is 12.6. The standard InChI is InChI=1S/C19H12F3N3O3/c20-19(21,22)28-12-5-4-11-8-14(17(26)27)25(13(11)9-12)16-3-1-2-15(24-16)18(10-23)6-7-18/h1-5,8-9H,6-7H2,(H,26,27). The molecule has 0 bridgehead atoms. The molecule has 1 aliphatic rings. The number of aromatic nitrogens is 2. The minimum absolute atomic E-state index is 0.161. The molecule has 1 aromatic carbocycles. The molecule has 6 nitrogen and oxygen atoms in total. The van der Waals surface area contributed by atoms with E-state index in [0.29, 0.717) is 23.9 Å². The fourth-order valence-electron chi connectivity index (χ4n) is 3.15. The number of benzene rings is 1. The van der Waals surface area contributed by atoms with Crippen molar-refractivity contribution >= 4 is 16.9 Å². The topological polar surface area (TPSA) is 88.1 Å². The van der Waals surface area contributed by atoms with Crippen LogP contribution in [0.2, 0.25) is 0 Å². The number of fused-ring (bicyclic) bond motifs is 1. The molecule has 28 heavy (non-hydrogen) atoms. The summed E-state index contributed by atoms with van der Waals surface area (Å²) in [5.41, 5.74) is -0.142. The zero-order chi connectivity index (χ0) is 20.1. The maximum absolute atomic E-state index is 12.6. The highest BCUT2D eigenvalue weighted by molar-refractivity contribution is 5.96. The number of hydrogen-bond donors (Lipinski definition) is 1. The lowest BCUT2D eigenvalue weighted by atomic mass is 10.0. The van der Waals surface area contributed by atoms with Crippen LogP contribution in [-0.2, 0) is 5.41 Å². The Morgan fingerprint density at radius 1 is 1.25 bits per heavy atom. The van der Waals surface area contributed by atoms with Crippen LogP contribution in [0.4, 0.5) is 13.2 Å². The van der Waals surface area contributed by atoms with Crippen LogP contribution in [-0.4, -0.2) is 27.0 Å². The predicted molar refractivity (Wildman–Crippen MR) is 91.2 cm³/mol. The van der Waals surface area contributed by atoms with Crippen LogP contribution in [0.3, 0.4) is 0 Å². The van der Waals surface area contributed by atoms with Gasteiger partial charge in [0.25, 0.3) is 0 Å². The molecule has 2 heterocycles. The first-order valence-corrected chi connectivity index (χ1v) is 8.26. The van der Waals surface area contributed by atoms with E-state index in [1.807, 2.05) is 0 Å². The molecule has 142 valence electrons. The van der Waals surface area contributed by atoms with Gasteiger partial charge in [-0.05, 0) is 43.2 Å². The van der Waals surface area contributed by atoms with E-state index in [2.05, 4.69) is 15.8 Å². The third-order valence-electron chi connectivity index (χ3n) is 4.65. The summed E-state index contributed by atoms with van der Waals surface area (Å²) in [6.07, 6.45) is -3.56. The quantitative estimate of drug-likeness (QED) is 0.726. The number of carbonyl (C=O) groups is 1. The van der Waals surface area contributed by atoms with Gasteiger partial charge in [-0.1, -0.05) is 6.07 Å². The molecular formula is C19H12F3N3O3. The molecule has 0 unspecified atom stereocenters. The molecule has 1 N–H and O–H groups in total. The fraction of sp³-hybridized carbons (Fsp3) is 0.211. The summed E-state index contributed by atoms with van der Waals surface area (Å²) < 4.78 is 42.9. The fourth-order valence-corrected chi connectivity index (χ4v) is 3.15. The molecule has 0 saturated heterocycles. The summed E-state index contributed by atoms with van der Waals surface area (Å²) in [5.74, 6) is -1.53. The van der Waals surface area contributed by atoms with Gasteiger partial charge in [0.1, 0.15) is 17.3 Å². The molecule has 1 saturated carbocycles. The molecule has 3 aromatic rings. The van der Waals surface area contributed by atoms with Crippen LogP contribution < -0.4 is 4.74 Å². The van der Waals surface area contributed by atoms with Crippen molar-refractivity contribution in [3.05, 3.63) is 53.9 Å². The average molecular weight is 387 g/mol. The molecule has 1 fully saturated rings. The molecule has 2 aromatic heterocycles. The highest BCUT2D eigenvalue weighted by Gasteiger charge is 2.46. The number of alkyl halides is 3. The van der Waals surface area contributed by atoms with E-state index < -0.39 is 23.5 Å². The van der Waals surface area contributed by atoms with E-state index in [1.165, 1.54) is 16.7 Å². The summed E-state index contributed by atoms with van der Waals surface area (Å²) in [4.78, 5) is 16.1. The SMILES string of the molecule is N#CC1(c2cccc(-n3c(C(=O)O)cc4ccc(OC(F)(F)F)cc43)n2)CC1. The van der Waals surface area contributed by atoms with Crippen LogP contribution in [0.25, 0.3) is 16.7 Å². The first-order valence-electron chi connectivity index (χ1n) is 8.26. The molecule has 0 amide bonds. The van der Waals surface area contributed by atoms with Gasteiger partial charge in [-0.2, -0.15) is 5.26 Å². The minimum Gasteiger partial charge on any atom is -0.477 e. The Balaban J connectivity index is 1.91. The van der Waals surface area contributed by atoms with Crippen molar-refractivity contribution in [1.29, 1.82) is 5.26 Å². The molecule has 0 atom stereocenters. The van der Waals surface area contributed by atoms with Crippen LogP contribution in [0.15, 0.2) is 42.5 Å². The molecule has 0 radical (unpaired) electrons. The molecule has 0 spiro atoms. The average Bonchev–Trinajstić information content (AvgIpc) is 3.34. The van der Waals surface area contributed by atoms with Crippen molar-refractivity contribution in [2.24, 2.45) is 0 Å². The number of hydrogen-bond acceptors (Lipinski definition) is 4. The first kappa shape index (κ1) is 17.9. The number of nitrogens with zero attached hydrogens (tertiary/aromatic N) is 3. The van der Waals surface area contributed by atoms with Crippen LogP contribution in [0.1, 0.15) is 29.0 Å². The van der Waals surface area contributed by atoms with Crippen molar-refractivity contribution in [3.63, 3.8) is 0 Å². The maximum Gasteiger partial charge on any atom is 0.573 e. The Morgan fingerprint density at radius 3 is 2.61 bits per heavy atom. The third kappa shape index (κ3) is 3.03. The van der Waals surface area contributed by atoms with E-state index >= 15 is 0 Å². The predicted octanol–water partition coefficient (Wildman–Crippen LogP) is 4.18. The number of aromatic carboxylic acids is 1. The van der Waals surface area contributed by atoms with Crippen molar-refractivity contribution in [2.75, 3.05) is 0 Å². The highest BCUT2D eigenvalue weighted by atomic mass is 19.4. The number of rotatable bonds is 4. The monoisotopic (exact) mass is 387 g/mol. The van der Waals surface area contributed by atoms with E-state index in [0.717, 1.165) is 12.1 Å². The zero-order valence-corrected chi connectivity index (χ0v) is 14.2. The molecular weight excluding hydrogens is 375 g/mol. The second-order valence-electron chi connectivity index (χ2n) is 6.51. The van der Waals surface area contributed by atoms with Crippen LogP contribution in [0.5, 0.6) is 5.75 Å². The van der Waals surface area contributed by atoms with Gasteiger partial charge < -0.3 is 9.84 Å². The smallest absolute Gasteiger partial charge is 0.477 e. The molecule has 1 aliphatic carbocycles. The summed E-state index contributed by atoms with van der Waals surface area (Å²) in [6, 6.07) is 12.0. The summed E-state index contributed by atoms with van der Waals surface area (Å²) >= 11 is 0. The van der Waals surface area contributed by atoms with Gasteiger partial charge in [0, 0.05) is 11.5 Å². The van der Waals surface area contributed by atoms with Gasteiger partial charge in [-0.25, -0.2) is 9.78 Å². The van der Waals surface area contributed by atoms with Gasteiger partial charge in [0.2, 0.25) is 0 Å². The number of halogens is 3. The summed E-state index contributed by atoms with van der Waals surface area (Å²) in [5, 5.41) is 19.4. The molecule has 4 rings (SSSR count). The van der Waals surface area contributed by atoms with Gasteiger partial charge in [0.15, 0.2) is 0 Å². The van der Waals surface area contributed by atoms with Crippen molar-refractivity contribution in [2.45, 2.75) is 24.6 Å². The van der Waals surface area contributed by atoms with E-state index in [-0.39, 0.29) is 17.0 Å². The third-order valence-corrected chi connectivity index (χ3v) is 4.65. The van der Waals surface area contributed by atoms with E-state index in [9.17, 15) is 28.3 Å². The lowest BCUT2D eigenvalue weighted by Gasteiger charge is -2.12. The summed E-state index contributed by atoms with van der Waals surface area (Å²) in [6.45, 7) is 0. The largest absolute Gasteiger partial charge is 0.573 e. The van der Waals surface area contributed by atoms with Crippen LogP contribution in [0, 0.1) is 11.3 Å². The number of carboxylic acid groups (broad SMARTS) is 1. The first-order chi connectivity index (χ1) is 13.2.